The highest BCUT2D eigenvalue weighted by molar-refractivity contribution is 7.89. The van der Waals surface area contributed by atoms with E-state index in [1.807, 2.05) is 13.8 Å². The summed E-state index contributed by atoms with van der Waals surface area (Å²) in [4.78, 5) is 14.7. The maximum Gasteiger partial charge on any atom is 0.254 e. The van der Waals surface area contributed by atoms with E-state index in [1.54, 1.807) is 17.0 Å². The maximum atomic E-state index is 12.7. The lowest BCUT2D eigenvalue weighted by Crippen LogP contribution is -2.32. The van der Waals surface area contributed by atoms with Gasteiger partial charge in [-0.15, -0.1) is 0 Å². The maximum absolute atomic E-state index is 12.7. The molecule has 1 aliphatic carbocycles. The zero-order chi connectivity index (χ0) is 17.0. The van der Waals surface area contributed by atoms with Crippen LogP contribution in [0.2, 0.25) is 0 Å². The molecule has 1 saturated carbocycles. The first-order chi connectivity index (χ1) is 10.9. The van der Waals surface area contributed by atoms with Gasteiger partial charge in [0.1, 0.15) is 0 Å². The predicted molar refractivity (Wildman–Crippen MR) is 91.0 cm³/mol. The van der Waals surface area contributed by atoms with E-state index in [2.05, 4.69) is 11.6 Å². The van der Waals surface area contributed by atoms with Crippen molar-refractivity contribution in [3.05, 3.63) is 29.3 Å². The quantitative estimate of drug-likeness (QED) is 0.792. The standard InChI is InChI=1S/C17H26N2O3S/c1-4-6-11-19(5-2)17(20)16-12-15(10-7-13(16)3)23(21,22)18-14-8-9-14/h7,10,12,14,18H,4-6,8-9,11H2,1-3H3. The van der Waals surface area contributed by atoms with Gasteiger partial charge in [-0.05, 0) is 50.8 Å². The topological polar surface area (TPSA) is 66.5 Å². The van der Waals surface area contributed by atoms with Gasteiger partial charge in [-0.3, -0.25) is 4.79 Å². The fourth-order valence-corrected chi connectivity index (χ4v) is 3.74. The SMILES string of the molecule is CCCCN(CC)C(=O)c1cc(S(=O)(=O)NC2CC2)ccc1C. The van der Waals surface area contributed by atoms with Gasteiger partial charge in [0.2, 0.25) is 10.0 Å². The third-order valence-electron chi connectivity index (χ3n) is 4.10. The molecular weight excluding hydrogens is 312 g/mol. The van der Waals surface area contributed by atoms with Gasteiger partial charge in [0.15, 0.2) is 0 Å². The molecular formula is C17H26N2O3S. The van der Waals surface area contributed by atoms with Crippen molar-refractivity contribution >= 4 is 15.9 Å². The molecule has 1 aliphatic rings. The first-order valence-corrected chi connectivity index (χ1v) is 9.79. The van der Waals surface area contributed by atoms with Gasteiger partial charge in [-0.2, -0.15) is 0 Å². The molecule has 1 amide bonds. The van der Waals surface area contributed by atoms with E-state index in [-0.39, 0.29) is 16.8 Å². The molecule has 5 nitrogen and oxygen atoms in total. The Morgan fingerprint density at radius 3 is 2.57 bits per heavy atom. The zero-order valence-corrected chi connectivity index (χ0v) is 14.9. The minimum Gasteiger partial charge on any atom is -0.339 e. The van der Waals surface area contributed by atoms with E-state index in [1.165, 1.54) is 6.07 Å². The average molecular weight is 338 g/mol. The molecule has 1 fully saturated rings. The number of amides is 1. The molecule has 0 heterocycles. The molecule has 128 valence electrons. The van der Waals surface area contributed by atoms with Gasteiger partial charge in [-0.1, -0.05) is 19.4 Å². The molecule has 0 bridgehead atoms. The third kappa shape index (κ3) is 4.54. The summed E-state index contributed by atoms with van der Waals surface area (Å²) >= 11 is 0. The smallest absolute Gasteiger partial charge is 0.254 e. The minimum atomic E-state index is -3.54. The van der Waals surface area contributed by atoms with Crippen molar-refractivity contribution in [3.63, 3.8) is 0 Å². The summed E-state index contributed by atoms with van der Waals surface area (Å²) in [5, 5.41) is 0. The first kappa shape index (κ1) is 17.9. The van der Waals surface area contributed by atoms with Crippen LogP contribution in [0.3, 0.4) is 0 Å². The molecule has 0 atom stereocenters. The molecule has 0 unspecified atom stereocenters. The third-order valence-corrected chi connectivity index (χ3v) is 5.62. The van der Waals surface area contributed by atoms with Crippen LogP contribution in [0.4, 0.5) is 0 Å². The number of hydrogen-bond donors (Lipinski definition) is 1. The number of benzene rings is 1. The molecule has 1 aromatic carbocycles. The summed E-state index contributed by atoms with van der Waals surface area (Å²) in [6.07, 6.45) is 3.73. The number of unbranched alkanes of at least 4 members (excludes halogenated alkanes) is 1. The number of hydrogen-bond acceptors (Lipinski definition) is 3. The molecule has 23 heavy (non-hydrogen) atoms. The summed E-state index contributed by atoms with van der Waals surface area (Å²) in [5.41, 5.74) is 1.27. The van der Waals surface area contributed by atoms with E-state index in [0.29, 0.717) is 18.7 Å². The highest BCUT2D eigenvalue weighted by Crippen LogP contribution is 2.23. The van der Waals surface area contributed by atoms with Gasteiger partial charge < -0.3 is 4.90 Å². The van der Waals surface area contributed by atoms with Gasteiger partial charge in [0.05, 0.1) is 4.90 Å². The van der Waals surface area contributed by atoms with Gasteiger partial charge in [-0.25, -0.2) is 13.1 Å². The molecule has 0 aliphatic heterocycles. The van der Waals surface area contributed by atoms with Crippen molar-refractivity contribution in [2.45, 2.75) is 57.4 Å². The number of aryl methyl sites for hydroxylation is 1. The van der Waals surface area contributed by atoms with E-state index in [9.17, 15) is 13.2 Å². The van der Waals surface area contributed by atoms with Crippen LogP contribution in [0.25, 0.3) is 0 Å². The zero-order valence-electron chi connectivity index (χ0n) is 14.1. The predicted octanol–water partition coefficient (Wildman–Crippen LogP) is 2.70. The lowest BCUT2D eigenvalue weighted by Gasteiger charge is -2.22. The highest BCUT2D eigenvalue weighted by Gasteiger charge is 2.28. The largest absolute Gasteiger partial charge is 0.339 e. The number of rotatable bonds is 8. The van der Waals surface area contributed by atoms with Crippen LogP contribution < -0.4 is 4.72 Å². The highest BCUT2D eigenvalue weighted by atomic mass is 32.2. The number of carbonyl (C=O) groups excluding carboxylic acids is 1. The Bertz CT molecular complexity index is 666. The number of carbonyl (C=O) groups is 1. The van der Waals surface area contributed by atoms with E-state index >= 15 is 0 Å². The Labute approximate surface area is 139 Å². The van der Waals surface area contributed by atoms with E-state index in [0.717, 1.165) is 31.2 Å². The summed E-state index contributed by atoms with van der Waals surface area (Å²) in [6.45, 7) is 7.18. The lowest BCUT2D eigenvalue weighted by atomic mass is 10.1. The molecule has 0 aromatic heterocycles. The second kappa shape index (κ2) is 7.45. The number of nitrogens with zero attached hydrogens (tertiary/aromatic N) is 1. The summed E-state index contributed by atoms with van der Waals surface area (Å²) < 4.78 is 27.3. The number of nitrogens with one attached hydrogen (secondary N) is 1. The normalized spacial score (nSPS) is 14.7. The Hall–Kier alpha value is -1.40. The van der Waals surface area contributed by atoms with Crippen LogP contribution in [0.1, 0.15) is 55.5 Å². The van der Waals surface area contributed by atoms with Gasteiger partial charge >= 0.3 is 0 Å². The van der Waals surface area contributed by atoms with Crippen molar-refractivity contribution in [1.29, 1.82) is 0 Å². The van der Waals surface area contributed by atoms with Crippen molar-refractivity contribution < 1.29 is 13.2 Å². The summed E-state index contributed by atoms with van der Waals surface area (Å²) in [5.74, 6) is -0.0954. The molecule has 2 rings (SSSR count). The number of sulfonamides is 1. The Morgan fingerprint density at radius 2 is 2.00 bits per heavy atom. The molecule has 0 radical (unpaired) electrons. The van der Waals surface area contributed by atoms with Gasteiger partial charge in [0.25, 0.3) is 5.91 Å². The molecule has 0 saturated heterocycles. The van der Waals surface area contributed by atoms with Crippen LogP contribution in [-0.4, -0.2) is 38.4 Å². The van der Waals surface area contributed by atoms with Crippen molar-refractivity contribution in [2.24, 2.45) is 0 Å². The van der Waals surface area contributed by atoms with E-state index < -0.39 is 10.0 Å². The Kier molecular flexibility index (Phi) is 5.81. The fraction of sp³-hybridized carbons (Fsp3) is 0.588. The van der Waals surface area contributed by atoms with Crippen LogP contribution in [0.15, 0.2) is 23.1 Å². The lowest BCUT2D eigenvalue weighted by molar-refractivity contribution is 0.0761. The molecule has 1 N–H and O–H groups in total. The van der Waals surface area contributed by atoms with Gasteiger partial charge in [0, 0.05) is 24.7 Å². The summed E-state index contributed by atoms with van der Waals surface area (Å²) in [6, 6.07) is 4.84. The molecule has 1 aromatic rings. The molecule has 0 spiro atoms. The van der Waals surface area contributed by atoms with Crippen molar-refractivity contribution in [3.8, 4) is 0 Å². The summed E-state index contributed by atoms with van der Waals surface area (Å²) in [7, 11) is -3.54. The second-order valence-electron chi connectivity index (χ2n) is 6.11. The van der Waals surface area contributed by atoms with Crippen LogP contribution in [-0.2, 0) is 10.0 Å². The van der Waals surface area contributed by atoms with Crippen LogP contribution in [0, 0.1) is 6.92 Å². The Morgan fingerprint density at radius 1 is 1.30 bits per heavy atom. The van der Waals surface area contributed by atoms with E-state index in [4.69, 9.17) is 0 Å². The van der Waals surface area contributed by atoms with Crippen LogP contribution in [0.5, 0.6) is 0 Å². The minimum absolute atomic E-state index is 0.0529. The monoisotopic (exact) mass is 338 g/mol. The fourth-order valence-electron chi connectivity index (χ4n) is 2.41. The molecule has 6 heteroatoms. The van der Waals surface area contributed by atoms with Crippen molar-refractivity contribution in [1.82, 2.24) is 9.62 Å². The Balaban J connectivity index is 2.27. The average Bonchev–Trinajstić information content (AvgIpc) is 3.31. The van der Waals surface area contributed by atoms with Crippen molar-refractivity contribution in [2.75, 3.05) is 13.1 Å². The first-order valence-electron chi connectivity index (χ1n) is 8.31. The second-order valence-corrected chi connectivity index (χ2v) is 7.82. The van der Waals surface area contributed by atoms with Crippen LogP contribution >= 0.6 is 0 Å².